The van der Waals surface area contributed by atoms with E-state index in [0.717, 1.165) is 12.0 Å². The molecule has 4 nitrogen and oxygen atoms in total. The zero-order valence-corrected chi connectivity index (χ0v) is 12.9. The summed E-state index contributed by atoms with van der Waals surface area (Å²) in [5.74, 6) is -1.21. The molecule has 2 amide bonds. The van der Waals surface area contributed by atoms with E-state index in [1.165, 1.54) is 17.0 Å². The largest absolute Gasteiger partial charge is 0.355 e. The zero-order valence-electron chi connectivity index (χ0n) is 12.9. The highest BCUT2D eigenvalue weighted by Crippen LogP contribution is 2.13. The molecule has 0 saturated heterocycles. The lowest BCUT2D eigenvalue weighted by Gasteiger charge is -2.22. The summed E-state index contributed by atoms with van der Waals surface area (Å²) in [5.41, 5.74) is 0.768. The number of hydrogen-bond donors (Lipinski definition) is 1. The van der Waals surface area contributed by atoms with Crippen molar-refractivity contribution in [2.75, 3.05) is 19.6 Å². The molecule has 0 heterocycles. The van der Waals surface area contributed by atoms with Gasteiger partial charge in [-0.05, 0) is 37.5 Å². The molecule has 0 unspecified atom stereocenters. The Morgan fingerprint density at radius 1 is 1.24 bits per heavy atom. The number of amides is 2. The Kier molecular flexibility index (Phi) is 6.85. The fraction of sp³-hybridized carbons (Fsp3) is 0.500. The van der Waals surface area contributed by atoms with Crippen LogP contribution in [-0.4, -0.2) is 36.3 Å². The Labute approximate surface area is 125 Å². The van der Waals surface area contributed by atoms with Gasteiger partial charge in [-0.2, -0.15) is 0 Å². The van der Waals surface area contributed by atoms with E-state index in [1.807, 2.05) is 13.8 Å². The maximum Gasteiger partial charge on any atom is 0.257 e. The van der Waals surface area contributed by atoms with Crippen LogP contribution in [0.15, 0.2) is 18.2 Å². The Morgan fingerprint density at radius 2 is 1.95 bits per heavy atom. The fourth-order valence-electron chi connectivity index (χ4n) is 1.98. The quantitative estimate of drug-likeness (QED) is 0.840. The van der Waals surface area contributed by atoms with Crippen molar-refractivity contribution >= 4 is 11.8 Å². The standard InChI is InChI=1S/C16H23FN2O2/c1-4-8-18-15(20)11-19(9-5-2)16(21)13-7-6-12(3)10-14(13)17/h6-7,10H,4-5,8-9,11H2,1-3H3,(H,18,20). The van der Waals surface area contributed by atoms with Gasteiger partial charge in [0.2, 0.25) is 5.91 Å². The predicted molar refractivity (Wildman–Crippen MR) is 80.6 cm³/mol. The first kappa shape index (κ1) is 17.1. The topological polar surface area (TPSA) is 49.4 Å². The minimum Gasteiger partial charge on any atom is -0.355 e. The number of benzene rings is 1. The predicted octanol–water partition coefficient (Wildman–Crippen LogP) is 2.51. The van der Waals surface area contributed by atoms with Crippen LogP contribution in [-0.2, 0) is 4.79 Å². The summed E-state index contributed by atoms with van der Waals surface area (Å²) in [6.45, 7) is 6.59. The van der Waals surface area contributed by atoms with Crippen molar-refractivity contribution in [2.45, 2.75) is 33.6 Å². The van der Waals surface area contributed by atoms with E-state index in [-0.39, 0.29) is 18.0 Å². The first-order chi connectivity index (χ1) is 9.99. The number of carbonyl (C=O) groups is 2. The lowest BCUT2D eigenvalue weighted by atomic mass is 10.1. The minimum atomic E-state index is -0.546. The van der Waals surface area contributed by atoms with Crippen LogP contribution >= 0.6 is 0 Å². The molecule has 1 rings (SSSR count). The SMILES string of the molecule is CCCNC(=O)CN(CCC)C(=O)c1ccc(C)cc1F. The molecular formula is C16H23FN2O2. The lowest BCUT2D eigenvalue weighted by Crippen LogP contribution is -2.41. The van der Waals surface area contributed by atoms with Crippen molar-refractivity contribution in [1.29, 1.82) is 0 Å². The summed E-state index contributed by atoms with van der Waals surface area (Å²) >= 11 is 0. The average Bonchev–Trinajstić information content (AvgIpc) is 2.44. The van der Waals surface area contributed by atoms with Gasteiger partial charge in [-0.3, -0.25) is 9.59 Å². The van der Waals surface area contributed by atoms with Gasteiger partial charge in [-0.25, -0.2) is 4.39 Å². The summed E-state index contributed by atoms with van der Waals surface area (Å²) < 4.78 is 13.9. The second kappa shape index (κ2) is 8.39. The number of hydrogen-bond acceptors (Lipinski definition) is 2. The Balaban J connectivity index is 2.83. The summed E-state index contributed by atoms with van der Waals surface area (Å²) in [5, 5.41) is 2.72. The Bertz CT molecular complexity index is 503. The van der Waals surface area contributed by atoms with Gasteiger partial charge in [0.15, 0.2) is 0 Å². The fourth-order valence-corrected chi connectivity index (χ4v) is 1.98. The molecule has 21 heavy (non-hydrogen) atoms. The Morgan fingerprint density at radius 3 is 2.52 bits per heavy atom. The molecule has 0 radical (unpaired) electrons. The van der Waals surface area contributed by atoms with Crippen LogP contribution in [0, 0.1) is 12.7 Å². The maximum absolute atomic E-state index is 13.9. The van der Waals surface area contributed by atoms with Crippen molar-refractivity contribution in [2.24, 2.45) is 0 Å². The van der Waals surface area contributed by atoms with Crippen molar-refractivity contribution < 1.29 is 14.0 Å². The van der Waals surface area contributed by atoms with Crippen molar-refractivity contribution in [3.05, 3.63) is 35.1 Å². The maximum atomic E-state index is 13.9. The number of halogens is 1. The van der Waals surface area contributed by atoms with Gasteiger partial charge in [0.25, 0.3) is 5.91 Å². The third-order valence-corrected chi connectivity index (χ3v) is 3.04. The molecule has 5 heteroatoms. The summed E-state index contributed by atoms with van der Waals surface area (Å²) in [6.07, 6.45) is 1.54. The molecule has 1 aromatic carbocycles. The van der Waals surface area contributed by atoms with Gasteiger partial charge in [-0.1, -0.05) is 19.9 Å². The van der Waals surface area contributed by atoms with Gasteiger partial charge in [0.1, 0.15) is 5.82 Å². The van der Waals surface area contributed by atoms with Crippen LogP contribution in [0.25, 0.3) is 0 Å². The van der Waals surface area contributed by atoms with Gasteiger partial charge in [0, 0.05) is 13.1 Å². The van der Waals surface area contributed by atoms with Gasteiger partial charge in [0.05, 0.1) is 12.1 Å². The second-order valence-corrected chi connectivity index (χ2v) is 5.06. The minimum absolute atomic E-state index is 0.0114. The molecule has 116 valence electrons. The van der Waals surface area contributed by atoms with E-state index in [0.29, 0.717) is 19.5 Å². The number of aryl methyl sites for hydroxylation is 1. The van der Waals surface area contributed by atoms with Gasteiger partial charge >= 0.3 is 0 Å². The van der Waals surface area contributed by atoms with Crippen LogP contribution in [0.4, 0.5) is 4.39 Å². The molecule has 1 N–H and O–H groups in total. The van der Waals surface area contributed by atoms with E-state index < -0.39 is 11.7 Å². The molecular weight excluding hydrogens is 271 g/mol. The molecule has 0 aliphatic heterocycles. The van der Waals surface area contributed by atoms with Crippen LogP contribution in [0.2, 0.25) is 0 Å². The van der Waals surface area contributed by atoms with E-state index in [4.69, 9.17) is 0 Å². The van der Waals surface area contributed by atoms with Crippen molar-refractivity contribution in [3.8, 4) is 0 Å². The average molecular weight is 294 g/mol. The smallest absolute Gasteiger partial charge is 0.257 e. The molecule has 0 fully saturated rings. The number of nitrogens with zero attached hydrogens (tertiary/aromatic N) is 1. The van der Waals surface area contributed by atoms with Gasteiger partial charge < -0.3 is 10.2 Å². The first-order valence-corrected chi connectivity index (χ1v) is 7.31. The highest BCUT2D eigenvalue weighted by molar-refractivity contribution is 5.96. The number of rotatable bonds is 7. The molecule has 0 spiro atoms. The first-order valence-electron chi connectivity index (χ1n) is 7.31. The monoisotopic (exact) mass is 294 g/mol. The summed E-state index contributed by atoms with van der Waals surface area (Å²) in [6, 6.07) is 4.49. The molecule has 0 bridgehead atoms. The van der Waals surface area contributed by atoms with Crippen LogP contribution < -0.4 is 5.32 Å². The highest BCUT2D eigenvalue weighted by atomic mass is 19.1. The van der Waals surface area contributed by atoms with Crippen molar-refractivity contribution in [3.63, 3.8) is 0 Å². The molecule has 0 aromatic heterocycles. The van der Waals surface area contributed by atoms with Gasteiger partial charge in [-0.15, -0.1) is 0 Å². The van der Waals surface area contributed by atoms with E-state index >= 15 is 0 Å². The second-order valence-electron chi connectivity index (χ2n) is 5.06. The molecule has 1 aromatic rings. The number of nitrogens with one attached hydrogen (secondary N) is 1. The van der Waals surface area contributed by atoms with Crippen molar-refractivity contribution in [1.82, 2.24) is 10.2 Å². The zero-order chi connectivity index (χ0) is 15.8. The normalized spacial score (nSPS) is 10.3. The third-order valence-electron chi connectivity index (χ3n) is 3.04. The van der Waals surface area contributed by atoms with E-state index in [1.54, 1.807) is 13.0 Å². The lowest BCUT2D eigenvalue weighted by molar-refractivity contribution is -0.121. The van der Waals surface area contributed by atoms with E-state index in [2.05, 4.69) is 5.32 Å². The van der Waals surface area contributed by atoms with Crippen LogP contribution in [0.3, 0.4) is 0 Å². The summed E-state index contributed by atoms with van der Waals surface area (Å²) in [4.78, 5) is 25.5. The highest BCUT2D eigenvalue weighted by Gasteiger charge is 2.20. The van der Waals surface area contributed by atoms with E-state index in [9.17, 15) is 14.0 Å². The molecule has 0 aliphatic carbocycles. The summed E-state index contributed by atoms with van der Waals surface area (Å²) in [7, 11) is 0. The molecule has 0 saturated carbocycles. The van der Waals surface area contributed by atoms with Crippen LogP contribution in [0.1, 0.15) is 42.6 Å². The van der Waals surface area contributed by atoms with Crippen LogP contribution in [0.5, 0.6) is 0 Å². The number of carbonyl (C=O) groups excluding carboxylic acids is 2. The Hall–Kier alpha value is -1.91. The molecule has 0 aliphatic rings. The molecule has 0 atom stereocenters. The third kappa shape index (κ3) is 5.17.